The standard InChI is InChI=1S/C33H47N3O4Si2/c1-10-33(24-38-42(32(5,6)7,25-17-13-11-14-18-25)26-19-15-12-16-20-26)27(40-41(8,9)31(2,3)4)23-29(39-33)36-22-21-28(34)35-30(36)37/h10-22,27,29H,1,23-24H2,2-9H3,(H2,34,35,37)/t27-,29+,33+/m0/s1. The minimum absolute atomic E-state index is 0.0313. The van der Waals surface area contributed by atoms with Crippen molar-refractivity contribution in [3.8, 4) is 0 Å². The van der Waals surface area contributed by atoms with Crippen LogP contribution >= 0.6 is 0 Å². The van der Waals surface area contributed by atoms with Crippen LogP contribution in [0.15, 0.2) is 90.4 Å². The fraction of sp³-hybridized carbons (Fsp3) is 0.455. The van der Waals surface area contributed by atoms with Crippen molar-refractivity contribution in [3.05, 3.63) is 96.1 Å². The summed E-state index contributed by atoms with van der Waals surface area (Å²) in [6, 6.07) is 22.7. The SMILES string of the molecule is C=C[C@]1(CO[Si](c2ccccc2)(c2ccccc2)C(C)(C)C)O[C@@H](n2ccc(N)nc2=O)C[C@@H]1O[Si](C)(C)C(C)(C)C. The molecule has 3 atom stereocenters. The number of aromatic nitrogens is 2. The Balaban J connectivity index is 1.83. The van der Waals surface area contributed by atoms with Crippen molar-refractivity contribution in [2.24, 2.45) is 0 Å². The number of nitrogen functional groups attached to an aromatic ring is 1. The van der Waals surface area contributed by atoms with Gasteiger partial charge in [0, 0.05) is 12.6 Å². The van der Waals surface area contributed by atoms with Crippen LogP contribution < -0.4 is 21.8 Å². The summed E-state index contributed by atoms with van der Waals surface area (Å²) in [5, 5.41) is 2.11. The van der Waals surface area contributed by atoms with Crippen LogP contribution in [-0.4, -0.2) is 44.5 Å². The summed E-state index contributed by atoms with van der Waals surface area (Å²) in [5.74, 6) is 0.174. The second kappa shape index (κ2) is 11.7. The first-order valence-corrected chi connectivity index (χ1v) is 19.5. The number of hydrogen-bond donors (Lipinski definition) is 1. The predicted molar refractivity (Wildman–Crippen MR) is 176 cm³/mol. The molecule has 1 aromatic heterocycles. The Morgan fingerprint density at radius 3 is 2.00 bits per heavy atom. The van der Waals surface area contributed by atoms with Gasteiger partial charge in [0.05, 0.1) is 12.7 Å². The molecule has 226 valence electrons. The molecule has 1 aliphatic heterocycles. The number of anilines is 1. The molecule has 0 saturated carbocycles. The van der Waals surface area contributed by atoms with E-state index in [1.54, 1.807) is 12.3 Å². The molecule has 7 nitrogen and oxygen atoms in total. The zero-order valence-electron chi connectivity index (χ0n) is 26.4. The first-order chi connectivity index (χ1) is 19.6. The Morgan fingerprint density at radius 2 is 1.55 bits per heavy atom. The molecule has 0 aliphatic carbocycles. The second-order valence-corrected chi connectivity index (χ2v) is 22.9. The molecule has 1 saturated heterocycles. The van der Waals surface area contributed by atoms with E-state index >= 15 is 0 Å². The van der Waals surface area contributed by atoms with Gasteiger partial charge in [0.15, 0.2) is 8.32 Å². The van der Waals surface area contributed by atoms with Gasteiger partial charge in [0.2, 0.25) is 0 Å². The molecule has 3 aromatic rings. The number of rotatable bonds is 9. The van der Waals surface area contributed by atoms with Crippen molar-refractivity contribution in [1.82, 2.24) is 9.55 Å². The molecule has 1 fully saturated rings. The largest absolute Gasteiger partial charge is 0.410 e. The lowest BCUT2D eigenvalue weighted by Gasteiger charge is -2.46. The van der Waals surface area contributed by atoms with E-state index < -0.39 is 34.2 Å². The molecular weight excluding hydrogens is 559 g/mol. The van der Waals surface area contributed by atoms with Gasteiger partial charge in [0.25, 0.3) is 8.32 Å². The number of nitrogens with zero attached hydrogens (tertiary/aromatic N) is 2. The lowest BCUT2D eigenvalue weighted by Crippen LogP contribution is -2.68. The van der Waals surface area contributed by atoms with Crippen LogP contribution in [0.3, 0.4) is 0 Å². The Morgan fingerprint density at radius 1 is 1.00 bits per heavy atom. The molecular formula is C33H47N3O4Si2. The zero-order valence-corrected chi connectivity index (χ0v) is 28.4. The maximum Gasteiger partial charge on any atom is 0.351 e. The summed E-state index contributed by atoms with van der Waals surface area (Å²) in [7, 11) is -5.16. The molecule has 0 bridgehead atoms. The number of benzene rings is 2. The van der Waals surface area contributed by atoms with Gasteiger partial charge in [0.1, 0.15) is 17.6 Å². The van der Waals surface area contributed by atoms with Crippen molar-refractivity contribution >= 4 is 32.8 Å². The van der Waals surface area contributed by atoms with Crippen LogP contribution in [0.2, 0.25) is 23.2 Å². The first kappa shape index (κ1) is 32.1. The molecule has 0 spiro atoms. The lowest BCUT2D eigenvalue weighted by molar-refractivity contribution is -0.0915. The van der Waals surface area contributed by atoms with Gasteiger partial charge in [-0.25, -0.2) is 4.79 Å². The Bertz CT molecular complexity index is 1390. The van der Waals surface area contributed by atoms with E-state index in [0.29, 0.717) is 6.42 Å². The van der Waals surface area contributed by atoms with Crippen LogP contribution in [0.4, 0.5) is 5.82 Å². The summed E-state index contributed by atoms with van der Waals surface area (Å²) < 4.78 is 22.7. The summed E-state index contributed by atoms with van der Waals surface area (Å²) in [4.78, 5) is 16.9. The van der Waals surface area contributed by atoms with Gasteiger partial charge < -0.3 is 19.3 Å². The first-order valence-electron chi connectivity index (χ1n) is 14.7. The Kier molecular flexibility index (Phi) is 8.93. The van der Waals surface area contributed by atoms with E-state index in [4.69, 9.17) is 19.3 Å². The minimum atomic E-state index is -2.89. The lowest BCUT2D eigenvalue weighted by atomic mass is 9.98. The van der Waals surface area contributed by atoms with Gasteiger partial charge in [-0.15, -0.1) is 6.58 Å². The van der Waals surface area contributed by atoms with Crippen LogP contribution in [0.1, 0.15) is 54.2 Å². The maximum absolute atomic E-state index is 12.9. The van der Waals surface area contributed by atoms with Gasteiger partial charge >= 0.3 is 5.69 Å². The Labute approximate surface area is 253 Å². The number of nitrogens with two attached hydrogens (primary N) is 1. The normalized spacial score (nSPS) is 21.8. The molecule has 4 rings (SSSR count). The highest BCUT2D eigenvalue weighted by Crippen LogP contribution is 2.46. The van der Waals surface area contributed by atoms with Gasteiger partial charge in [-0.3, -0.25) is 4.57 Å². The predicted octanol–water partition coefficient (Wildman–Crippen LogP) is 5.64. The smallest absolute Gasteiger partial charge is 0.351 e. The van der Waals surface area contributed by atoms with Gasteiger partial charge in [-0.2, -0.15) is 4.98 Å². The molecule has 9 heteroatoms. The van der Waals surface area contributed by atoms with Gasteiger partial charge in [-0.1, -0.05) is 108 Å². The van der Waals surface area contributed by atoms with E-state index in [2.05, 4.69) is 115 Å². The van der Waals surface area contributed by atoms with E-state index in [9.17, 15) is 4.79 Å². The van der Waals surface area contributed by atoms with E-state index in [-0.39, 0.29) is 28.6 Å². The van der Waals surface area contributed by atoms with Crippen LogP contribution in [-0.2, 0) is 13.6 Å². The van der Waals surface area contributed by atoms with Crippen LogP contribution in [0.5, 0.6) is 0 Å². The molecule has 2 aromatic carbocycles. The number of ether oxygens (including phenoxy) is 1. The fourth-order valence-electron chi connectivity index (χ4n) is 5.60. The van der Waals surface area contributed by atoms with Crippen LogP contribution in [0.25, 0.3) is 0 Å². The van der Waals surface area contributed by atoms with Crippen molar-refractivity contribution in [1.29, 1.82) is 0 Å². The third-order valence-corrected chi connectivity index (χ3v) is 18.5. The zero-order chi connectivity index (χ0) is 31.0. The van der Waals surface area contributed by atoms with Crippen molar-refractivity contribution in [2.45, 2.75) is 89.1 Å². The summed E-state index contributed by atoms with van der Waals surface area (Å²) in [6.45, 7) is 22.3. The van der Waals surface area contributed by atoms with E-state index in [1.165, 1.54) is 14.9 Å². The fourth-order valence-corrected chi connectivity index (χ4v) is 11.6. The highest BCUT2D eigenvalue weighted by Gasteiger charge is 2.56. The molecule has 0 unspecified atom stereocenters. The number of hydrogen-bond acceptors (Lipinski definition) is 6. The minimum Gasteiger partial charge on any atom is -0.410 e. The highest BCUT2D eigenvalue weighted by atomic mass is 28.4. The molecule has 0 radical (unpaired) electrons. The highest BCUT2D eigenvalue weighted by molar-refractivity contribution is 6.99. The van der Waals surface area contributed by atoms with Crippen molar-refractivity contribution < 1.29 is 13.6 Å². The summed E-state index contributed by atoms with van der Waals surface area (Å²) in [6.07, 6.45) is 2.91. The Hall–Kier alpha value is -2.83. The molecule has 1 aliphatic rings. The quantitative estimate of drug-likeness (QED) is 0.251. The van der Waals surface area contributed by atoms with Crippen molar-refractivity contribution in [2.75, 3.05) is 12.3 Å². The maximum atomic E-state index is 12.9. The second-order valence-electron chi connectivity index (χ2n) is 13.8. The molecule has 0 amide bonds. The van der Waals surface area contributed by atoms with Gasteiger partial charge in [-0.05, 0) is 39.6 Å². The average Bonchev–Trinajstić information content (AvgIpc) is 3.26. The average molecular weight is 606 g/mol. The summed E-state index contributed by atoms with van der Waals surface area (Å²) >= 11 is 0. The topological polar surface area (TPSA) is 88.6 Å². The molecule has 2 heterocycles. The monoisotopic (exact) mass is 605 g/mol. The van der Waals surface area contributed by atoms with E-state index in [0.717, 1.165) is 0 Å². The van der Waals surface area contributed by atoms with Crippen molar-refractivity contribution in [3.63, 3.8) is 0 Å². The van der Waals surface area contributed by atoms with E-state index in [1.807, 2.05) is 18.2 Å². The summed E-state index contributed by atoms with van der Waals surface area (Å²) in [5.41, 5.74) is 4.33. The molecule has 42 heavy (non-hydrogen) atoms. The van der Waals surface area contributed by atoms with Crippen LogP contribution in [0, 0.1) is 0 Å². The third kappa shape index (κ3) is 5.98. The molecule has 2 N–H and O–H groups in total. The third-order valence-electron chi connectivity index (χ3n) is 9.00.